The zero-order valence-electron chi connectivity index (χ0n) is 31.5. The van der Waals surface area contributed by atoms with Gasteiger partial charge in [-0.05, 0) is 38.5 Å². The largest absolute Gasteiger partial charge is 0.472 e. The summed E-state index contributed by atoms with van der Waals surface area (Å²) < 4.78 is 23.5. The molecule has 280 valence electrons. The molecule has 0 aliphatic carbocycles. The Bertz CT molecular complexity index is 789. The second-order valence-electron chi connectivity index (χ2n) is 14.7. The molecule has 0 aliphatic heterocycles. The number of unbranched alkanes of at least 4 members (excludes halogenated alkanes) is 20. The fourth-order valence-corrected chi connectivity index (χ4v) is 6.30. The van der Waals surface area contributed by atoms with Crippen LogP contribution < -0.4 is 5.32 Å². The van der Waals surface area contributed by atoms with Crippen LogP contribution in [-0.4, -0.2) is 73.4 Å². The minimum atomic E-state index is -4.30. The lowest BCUT2D eigenvalue weighted by Crippen LogP contribution is -2.46. The highest BCUT2D eigenvalue weighted by atomic mass is 31.2. The zero-order chi connectivity index (χ0) is 35.1. The van der Waals surface area contributed by atoms with Gasteiger partial charge < -0.3 is 19.8 Å². The van der Waals surface area contributed by atoms with E-state index in [1.54, 1.807) is 0 Å². The maximum atomic E-state index is 12.8. The number of quaternary nitrogens is 1. The van der Waals surface area contributed by atoms with Gasteiger partial charge in [-0.15, -0.1) is 0 Å². The van der Waals surface area contributed by atoms with E-state index in [1.165, 1.54) is 103 Å². The van der Waals surface area contributed by atoms with Crippen LogP contribution in [0.25, 0.3) is 0 Å². The first-order valence-corrected chi connectivity index (χ1v) is 21.0. The van der Waals surface area contributed by atoms with Gasteiger partial charge in [0.1, 0.15) is 13.2 Å². The van der Waals surface area contributed by atoms with E-state index < -0.39 is 20.0 Å². The van der Waals surface area contributed by atoms with Gasteiger partial charge in [-0.25, -0.2) is 4.57 Å². The third-order valence-corrected chi connectivity index (χ3v) is 9.75. The molecule has 47 heavy (non-hydrogen) atoms. The molecule has 0 rings (SSSR count). The Hall–Kier alpha value is -0.760. The smallest absolute Gasteiger partial charge is 0.391 e. The average Bonchev–Trinajstić information content (AvgIpc) is 3.01. The number of phosphoric acid groups is 1. The van der Waals surface area contributed by atoms with Crippen molar-refractivity contribution in [2.45, 2.75) is 187 Å². The van der Waals surface area contributed by atoms with Gasteiger partial charge in [0.15, 0.2) is 0 Å². The van der Waals surface area contributed by atoms with Crippen molar-refractivity contribution < 1.29 is 32.9 Å². The topological polar surface area (TPSA) is 105 Å². The van der Waals surface area contributed by atoms with Crippen LogP contribution in [0.15, 0.2) is 12.2 Å². The second-order valence-corrected chi connectivity index (χ2v) is 16.1. The number of carbonyl (C=O) groups excluding carboxylic acids is 1. The Morgan fingerprint density at radius 1 is 0.702 bits per heavy atom. The fraction of sp³-hybridized carbons (Fsp3) is 0.921. The fourth-order valence-electron chi connectivity index (χ4n) is 5.57. The first kappa shape index (κ1) is 46.2. The first-order valence-electron chi connectivity index (χ1n) is 19.6. The van der Waals surface area contributed by atoms with Crippen molar-refractivity contribution in [3.05, 3.63) is 12.2 Å². The number of phosphoric ester groups is 1. The Morgan fingerprint density at radius 3 is 1.64 bits per heavy atom. The van der Waals surface area contributed by atoms with Gasteiger partial charge in [0, 0.05) is 6.42 Å². The molecule has 1 unspecified atom stereocenters. The maximum Gasteiger partial charge on any atom is 0.472 e. The van der Waals surface area contributed by atoms with E-state index in [1.807, 2.05) is 21.1 Å². The molecule has 0 fully saturated rings. The van der Waals surface area contributed by atoms with Crippen LogP contribution in [0, 0.1) is 0 Å². The Morgan fingerprint density at radius 2 is 1.15 bits per heavy atom. The lowest BCUT2D eigenvalue weighted by Gasteiger charge is -2.26. The van der Waals surface area contributed by atoms with Gasteiger partial charge in [-0.1, -0.05) is 142 Å². The molecule has 0 spiro atoms. The molecule has 0 radical (unpaired) electrons. The summed E-state index contributed by atoms with van der Waals surface area (Å²) in [6, 6.07) is -0.768. The van der Waals surface area contributed by atoms with E-state index in [4.69, 9.17) is 9.05 Å². The highest BCUT2D eigenvalue weighted by molar-refractivity contribution is 7.47. The molecule has 0 saturated carbocycles. The molecular formula is C38H78N2O6P+. The Labute approximate surface area is 291 Å². The summed E-state index contributed by atoms with van der Waals surface area (Å²) in [6.45, 7) is 4.81. The molecule has 3 atom stereocenters. The molecule has 0 aromatic carbocycles. The number of aliphatic hydroxyl groups is 1. The summed E-state index contributed by atoms with van der Waals surface area (Å²) >= 11 is 0. The van der Waals surface area contributed by atoms with E-state index in [-0.39, 0.29) is 19.1 Å². The van der Waals surface area contributed by atoms with Gasteiger partial charge in [-0.2, -0.15) is 0 Å². The molecular weight excluding hydrogens is 611 g/mol. The van der Waals surface area contributed by atoms with Crippen molar-refractivity contribution in [2.75, 3.05) is 40.9 Å². The number of allylic oxidation sites excluding steroid dienone is 2. The van der Waals surface area contributed by atoms with Crippen molar-refractivity contribution in [3.63, 3.8) is 0 Å². The predicted octanol–water partition coefficient (Wildman–Crippen LogP) is 10.0. The van der Waals surface area contributed by atoms with Gasteiger partial charge >= 0.3 is 7.82 Å². The lowest BCUT2D eigenvalue weighted by molar-refractivity contribution is -0.870. The number of nitrogens with one attached hydrogen (secondary N) is 1. The minimum Gasteiger partial charge on any atom is -0.391 e. The maximum absolute atomic E-state index is 12.8. The molecule has 0 heterocycles. The van der Waals surface area contributed by atoms with Crippen molar-refractivity contribution in [2.24, 2.45) is 0 Å². The van der Waals surface area contributed by atoms with Gasteiger partial charge in [0.25, 0.3) is 0 Å². The molecule has 1 amide bonds. The van der Waals surface area contributed by atoms with E-state index in [0.29, 0.717) is 23.9 Å². The average molecular weight is 690 g/mol. The van der Waals surface area contributed by atoms with Crippen molar-refractivity contribution >= 4 is 13.7 Å². The summed E-state index contributed by atoms with van der Waals surface area (Å²) in [5.41, 5.74) is 0. The Kier molecular flexibility index (Phi) is 30.7. The van der Waals surface area contributed by atoms with Crippen molar-refractivity contribution in [3.8, 4) is 0 Å². The number of aliphatic hydroxyl groups excluding tert-OH is 1. The number of hydrogen-bond donors (Lipinski definition) is 3. The normalized spacial score (nSPS) is 14.8. The SMILES string of the molecule is CCCCC/C=C/CCCC[C@@H](O)[C@H](COP(=O)(O)OCC[N+](C)(C)C)NC(=O)CCCCCCCCCCCCCCCCCC. The molecule has 0 saturated heterocycles. The van der Waals surface area contributed by atoms with Crippen LogP contribution in [-0.2, 0) is 18.4 Å². The van der Waals surface area contributed by atoms with Gasteiger partial charge in [0.05, 0.1) is 39.9 Å². The number of rotatable bonds is 35. The molecule has 0 bridgehead atoms. The van der Waals surface area contributed by atoms with Crippen molar-refractivity contribution in [1.82, 2.24) is 5.32 Å². The standard InChI is InChI=1S/C38H77N2O6P/c1-6-8-10-12-14-16-17-18-19-20-21-22-24-26-28-30-32-38(42)39-36(35-46-47(43,44)45-34-33-40(3,4)5)37(41)31-29-27-25-23-15-13-11-9-7-2/h15,23,36-37,41H,6-14,16-22,24-35H2,1-5H3,(H-,39,42,43,44)/p+1/b23-15+/t36-,37+/m0/s1. The molecule has 3 N–H and O–H groups in total. The monoisotopic (exact) mass is 690 g/mol. The molecule has 0 aromatic rings. The summed E-state index contributed by atoms with van der Waals surface area (Å²) in [5.74, 6) is -0.156. The number of nitrogens with zero attached hydrogens (tertiary/aromatic N) is 1. The predicted molar refractivity (Wildman–Crippen MR) is 198 cm³/mol. The van der Waals surface area contributed by atoms with Crippen LogP contribution in [0.1, 0.15) is 174 Å². The molecule has 8 nitrogen and oxygen atoms in total. The number of amides is 1. The number of likely N-dealkylation sites (N-methyl/N-ethyl adjacent to an activating group) is 1. The van der Waals surface area contributed by atoms with Crippen LogP contribution in [0.3, 0.4) is 0 Å². The van der Waals surface area contributed by atoms with Crippen LogP contribution in [0.5, 0.6) is 0 Å². The minimum absolute atomic E-state index is 0.0715. The molecule has 9 heteroatoms. The van der Waals surface area contributed by atoms with Crippen molar-refractivity contribution in [1.29, 1.82) is 0 Å². The lowest BCUT2D eigenvalue weighted by atomic mass is 10.0. The first-order chi connectivity index (χ1) is 22.5. The number of hydrogen-bond acceptors (Lipinski definition) is 5. The third kappa shape index (κ3) is 33.5. The van der Waals surface area contributed by atoms with Crippen LogP contribution in [0.2, 0.25) is 0 Å². The van der Waals surface area contributed by atoms with Gasteiger partial charge in [0.2, 0.25) is 5.91 Å². The van der Waals surface area contributed by atoms with E-state index in [2.05, 4.69) is 31.3 Å². The molecule has 0 aliphatic rings. The number of carbonyl (C=O) groups is 1. The van der Waals surface area contributed by atoms with E-state index in [0.717, 1.165) is 44.9 Å². The van der Waals surface area contributed by atoms with Crippen LogP contribution in [0.4, 0.5) is 0 Å². The van der Waals surface area contributed by atoms with E-state index >= 15 is 0 Å². The summed E-state index contributed by atoms with van der Waals surface area (Å²) in [5, 5.41) is 13.8. The zero-order valence-corrected chi connectivity index (χ0v) is 32.4. The second kappa shape index (κ2) is 31.2. The quantitative estimate of drug-likeness (QED) is 0.0265. The summed E-state index contributed by atoms with van der Waals surface area (Å²) in [6.07, 6.45) is 32.4. The Balaban J connectivity index is 4.38. The third-order valence-electron chi connectivity index (χ3n) is 8.76. The highest BCUT2D eigenvalue weighted by Gasteiger charge is 2.28. The summed E-state index contributed by atoms with van der Waals surface area (Å²) in [4.78, 5) is 23.0. The van der Waals surface area contributed by atoms with Crippen LogP contribution >= 0.6 is 7.82 Å². The van der Waals surface area contributed by atoms with Gasteiger partial charge in [-0.3, -0.25) is 13.8 Å². The highest BCUT2D eigenvalue weighted by Crippen LogP contribution is 2.43. The van der Waals surface area contributed by atoms with E-state index in [9.17, 15) is 19.4 Å². The molecule has 0 aromatic heterocycles. The summed E-state index contributed by atoms with van der Waals surface area (Å²) in [7, 11) is 1.60.